The van der Waals surface area contributed by atoms with E-state index in [-0.39, 0.29) is 12.1 Å². The molecule has 0 radical (unpaired) electrons. The first-order valence-electron chi connectivity index (χ1n) is 7.73. The van der Waals surface area contributed by atoms with Gasteiger partial charge in [0.25, 0.3) is 0 Å². The van der Waals surface area contributed by atoms with Crippen LogP contribution in [-0.2, 0) is 6.42 Å². The van der Waals surface area contributed by atoms with E-state index in [0.29, 0.717) is 13.0 Å². The van der Waals surface area contributed by atoms with Crippen molar-refractivity contribution in [3.05, 3.63) is 52.0 Å². The largest absolute Gasteiger partial charge is 0.388 e. The number of nitrogens with one attached hydrogen (secondary N) is 2. The number of aliphatic hydroxyl groups excluding tert-OH is 1. The normalized spacial score (nSPS) is 13.3. The third kappa shape index (κ3) is 6.00. The molecule has 0 spiro atoms. The fourth-order valence-electron chi connectivity index (χ4n) is 2.28. The van der Waals surface area contributed by atoms with Crippen LogP contribution in [0, 0.1) is 6.92 Å². The van der Waals surface area contributed by atoms with E-state index in [1.165, 1.54) is 4.88 Å². The Hall–Kier alpha value is -1.92. The van der Waals surface area contributed by atoms with E-state index in [2.05, 4.69) is 15.6 Å². The summed E-state index contributed by atoms with van der Waals surface area (Å²) < 4.78 is 0. The molecule has 0 aliphatic rings. The Kier molecular flexibility index (Phi) is 6.55. The molecule has 0 saturated heterocycles. The van der Waals surface area contributed by atoms with Gasteiger partial charge in [-0.2, -0.15) is 0 Å². The summed E-state index contributed by atoms with van der Waals surface area (Å²) in [5, 5.41) is 16.8. The van der Waals surface area contributed by atoms with Crippen LogP contribution in [0.1, 0.15) is 34.9 Å². The number of urea groups is 1. The van der Waals surface area contributed by atoms with Crippen LogP contribution in [0.15, 0.2) is 36.5 Å². The van der Waals surface area contributed by atoms with Crippen molar-refractivity contribution >= 4 is 17.4 Å². The Morgan fingerprint density at radius 2 is 2.09 bits per heavy atom. The lowest BCUT2D eigenvalue weighted by Gasteiger charge is -2.18. The molecule has 1 aromatic heterocycles. The first kappa shape index (κ1) is 17.4. The van der Waals surface area contributed by atoms with Crippen molar-refractivity contribution in [3.63, 3.8) is 0 Å². The van der Waals surface area contributed by atoms with Crippen molar-refractivity contribution in [1.29, 1.82) is 0 Å². The summed E-state index contributed by atoms with van der Waals surface area (Å²) >= 11 is 1.64. The third-order valence-corrected chi connectivity index (χ3v) is 4.40. The highest BCUT2D eigenvalue weighted by atomic mass is 32.1. The maximum atomic E-state index is 11.8. The quantitative estimate of drug-likeness (QED) is 0.729. The molecule has 3 N–H and O–H groups in total. The molecule has 0 saturated carbocycles. The molecule has 0 aliphatic carbocycles. The second-order valence-corrected chi connectivity index (χ2v) is 6.90. The number of aryl methyl sites for hydroxylation is 1. The third-order valence-electron chi connectivity index (χ3n) is 3.43. The average Bonchev–Trinajstić information content (AvgIpc) is 2.93. The van der Waals surface area contributed by atoms with Crippen LogP contribution in [-0.4, -0.2) is 28.7 Å². The van der Waals surface area contributed by atoms with E-state index >= 15 is 0 Å². The number of aromatic nitrogens is 1. The molecule has 5 nitrogen and oxygen atoms in total. The zero-order valence-electron chi connectivity index (χ0n) is 13.5. The van der Waals surface area contributed by atoms with Gasteiger partial charge in [-0.25, -0.2) is 9.78 Å². The number of hydrogen-bond acceptors (Lipinski definition) is 4. The van der Waals surface area contributed by atoms with E-state index < -0.39 is 6.10 Å². The van der Waals surface area contributed by atoms with Gasteiger partial charge in [-0.05, 0) is 25.8 Å². The Balaban J connectivity index is 1.68. The van der Waals surface area contributed by atoms with E-state index in [1.54, 1.807) is 11.3 Å². The zero-order valence-corrected chi connectivity index (χ0v) is 14.3. The fourth-order valence-corrected chi connectivity index (χ4v) is 3.07. The molecule has 1 aromatic carbocycles. The second-order valence-electron chi connectivity index (χ2n) is 5.58. The number of thiazole rings is 1. The molecule has 1 heterocycles. The molecule has 0 fully saturated rings. The predicted molar refractivity (Wildman–Crippen MR) is 92.6 cm³/mol. The molecule has 2 atom stereocenters. The molecule has 2 aromatic rings. The van der Waals surface area contributed by atoms with Crippen molar-refractivity contribution in [3.8, 4) is 0 Å². The van der Waals surface area contributed by atoms with Crippen LogP contribution in [0.4, 0.5) is 4.79 Å². The van der Waals surface area contributed by atoms with Gasteiger partial charge in [0.15, 0.2) is 0 Å². The number of aliphatic hydroxyl groups is 1. The maximum absolute atomic E-state index is 11.8. The summed E-state index contributed by atoms with van der Waals surface area (Å²) in [5.41, 5.74) is 0.862. The second kappa shape index (κ2) is 8.64. The summed E-state index contributed by atoms with van der Waals surface area (Å²) in [6.45, 7) is 4.45. The lowest BCUT2D eigenvalue weighted by molar-refractivity contribution is 0.154. The van der Waals surface area contributed by atoms with Crippen LogP contribution in [0.2, 0.25) is 0 Å². The zero-order chi connectivity index (χ0) is 16.7. The first-order chi connectivity index (χ1) is 11.0. The number of hydrogen-bond donors (Lipinski definition) is 3. The van der Waals surface area contributed by atoms with Crippen molar-refractivity contribution in [1.82, 2.24) is 15.6 Å². The van der Waals surface area contributed by atoms with Gasteiger partial charge in [0.2, 0.25) is 0 Å². The van der Waals surface area contributed by atoms with Gasteiger partial charge in [-0.15, -0.1) is 11.3 Å². The van der Waals surface area contributed by atoms with Gasteiger partial charge in [-0.3, -0.25) is 0 Å². The summed E-state index contributed by atoms with van der Waals surface area (Å²) in [7, 11) is 0. The van der Waals surface area contributed by atoms with Crippen molar-refractivity contribution in [2.24, 2.45) is 0 Å². The molecular formula is C17H23N3O2S. The fraction of sp³-hybridized carbons (Fsp3) is 0.412. The van der Waals surface area contributed by atoms with E-state index in [4.69, 9.17) is 0 Å². The molecule has 0 bridgehead atoms. The average molecular weight is 333 g/mol. The highest BCUT2D eigenvalue weighted by Crippen LogP contribution is 2.17. The number of amides is 2. The van der Waals surface area contributed by atoms with Crippen LogP contribution < -0.4 is 10.6 Å². The van der Waals surface area contributed by atoms with E-state index in [1.807, 2.05) is 50.4 Å². The number of benzene rings is 1. The predicted octanol–water partition coefficient (Wildman–Crippen LogP) is 2.81. The lowest BCUT2D eigenvalue weighted by atomic mass is 10.0. The van der Waals surface area contributed by atoms with Crippen LogP contribution in [0.25, 0.3) is 0 Å². The Morgan fingerprint density at radius 3 is 2.74 bits per heavy atom. The highest BCUT2D eigenvalue weighted by Gasteiger charge is 2.14. The molecule has 0 unspecified atom stereocenters. The van der Waals surface area contributed by atoms with Gasteiger partial charge in [0.1, 0.15) is 0 Å². The standard InChI is InChI=1S/C17H23N3O2S/c1-12(10-15(21)14-6-4-3-5-7-14)20-17(22)18-9-8-16-19-11-13(2)23-16/h3-7,11-12,15,21H,8-10H2,1-2H3,(H2,18,20,22)/t12-,15-/m1/s1. The van der Waals surface area contributed by atoms with Gasteiger partial charge in [0.05, 0.1) is 11.1 Å². The Bertz CT molecular complexity index is 615. The molecule has 0 aliphatic heterocycles. The number of nitrogens with zero attached hydrogens (tertiary/aromatic N) is 1. The highest BCUT2D eigenvalue weighted by molar-refractivity contribution is 7.11. The van der Waals surface area contributed by atoms with Crippen LogP contribution in [0.3, 0.4) is 0 Å². The van der Waals surface area contributed by atoms with Crippen LogP contribution >= 0.6 is 11.3 Å². The van der Waals surface area contributed by atoms with Gasteiger partial charge >= 0.3 is 6.03 Å². The molecule has 6 heteroatoms. The number of carbonyl (C=O) groups is 1. The summed E-state index contributed by atoms with van der Waals surface area (Å²) in [6, 6.07) is 9.13. The first-order valence-corrected chi connectivity index (χ1v) is 8.55. The van der Waals surface area contributed by atoms with E-state index in [9.17, 15) is 9.90 Å². The van der Waals surface area contributed by atoms with Crippen molar-refractivity contribution < 1.29 is 9.90 Å². The molecule has 2 rings (SSSR count). The maximum Gasteiger partial charge on any atom is 0.315 e. The summed E-state index contributed by atoms with van der Waals surface area (Å²) in [6.07, 6.45) is 2.47. The molecular weight excluding hydrogens is 310 g/mol. The summed E-state index contributed by atoms with van der Waals surface area (Å²) in [4.78, 5) is 17.3. The van der Waals surface area contributed by atoms with E-state index in [0.717, 1.165) is 17.0 Å². The smallest absolute Gasteiger partial charge is 0.315 e. The monoisotopic (exact) mass is 333 g/mol. The van der Waals surface area contributed by atoms with Crippen LogP contribution in [0.5, 0.6) is 0 Å². The van der Waals surface area contributed by atoms with Gasteiger partial charge < -0.3 is 15.7 Å². The van der Waals surface area contributed by atoms with Crippen molar-refractivity contribution in [2.75, 3.05) is 6.54 Å². The summed E-state index contributed by atoms with van der Waals surface area (Å²) in [5.74, 6) is 0. The Labute approximate surface area is 140 Å². The molecule has 2 amide bonds. The minimum Gasteiger partial charge on any atom is -0.388 e. The van der Waals surface area contributed by atoms with Gasteiger partial charge in [0, 0.05) is 30.1 Å². The Morgan fingerprint density at radius 1 is 1.35 bits per heavy atom. The number of carbonyl (C=O) groups excluding carboxylic acids is 1. The lowest BCUT2D eigenvalue weighted by Crippen LogP contribution is -2.42. The molecule has 23 heavy (non-hydrogen) atoms. The topological polar surface area (TPSA) is 74.2 Å². The molecule has 124 valence electrons. The SMILES string of the molecule is Cc1cnc(CCNC(=O)N[C@H](C)C[C@@H](O)c2ccccc2)s1. The number of rotatable bonds is 7. The van der Waals surface area contributed by atoms with Crippen molar-refractivity contribution in [2.45, 2.75) is 38.8 Å². The van der Waals surface area contributed by atoms with Gasteiger partial charge in [-0.1, -0.05) is 30.3 Å². The minimum absolute atomic E-state index is 0.118. The minimum atomic E-state index is -0.579.